The highest BCUT2D eigenvalue weighted by atomic mass is 16.2. The quantitative estimate of drug-likeness (QED) is 0.766. The zero-order chi connectivity index (χ0) is 15.4. The van der Waals surface area contributed by atoms with E-state index < -0.39 is 0 Å². The fourth-order valence-corrected chi connectivity index (χ4v) is 3.69. The predicted molar refractivity (Wildman–Crippen MR) is 83.8 cm³/mol. The van der Waals surface area contributed by atoms with Gasteiger partial charge in [0, 0.05) is 6.04 Å². The highest BCUT2D eigenvalue weighted by Crippen LogP contribution is 2.28. The van der Waals surface area contributed by atoms with Gasteiger partial charge in [0.15, 0.2) is 0 Å². The number of rotatable bonds is 6. The summed E-state index contributed by atoms with van der Waals surface area (Å²) < 4.78 is 0. The Morgan fingerprint density at radius 3 is 2.33 bits per heavy atom. The molecule has 1 N–H and O–H groups in total. The van der Waals surface area contributed by atoms with Gasteiger partial charge in [-0.1, -0.05) is 33.6 Å². The molecule has 21 heavy (non-hydrogen) atoms. The molecule has 0 aromatic carbocycles. The second-order valence-corrected chi connectivity index (χ2v) is 6.86. The lowest BCUT2D eigenvalue weighted by Crippen LogP contribution is -2.44. The minimum absolute atomic E-state index is 0.00197. The third-order valence-corrected chi connectivity index (χ3v) is 5.28. The van der Waals surface area contributed by atoms with Gasteiger partial charge in [0.2, 0.25) is 11.8 Å². The highest BCUT2D eigenvalue weighted by molar-refractivity contribution is 6.05. The number of hydrogen-bond acceptors (Lipinski definition) is 3. The first kappa shape index (κ1) is 16.5. The average molecular weight is 294 g/mol. The van der Waals surface area contributed by atoms with E-state index in [9.17, 15) is 9.59 Å². The number of hydrogen-bond donors (Lipinski definition) is 1. The van der Waals surface area contributed by atoms with Crippen LogP contribution in [-0.2, 0) is 9.59 Å². The molecule has 1 aliphatic heterocycles. The van der Waals surface area contributed by atoms with Crippen molar-refractivity contribution < 1.29 is 9.59 Å². The minimum atomic E-state index is -0.280. The summed E-state index contributed by atoms with van der Waals surface area (Å²) in [5, 5.41) is 3.37. The van der Waals surface area contributed by atoms with E-state index in [1.165, 1.54) is 30.6 Å². The lowest BCUT2D eigenvalue weighted by atomic mass is 9.83. The molecular formula is C17H30N2O2. The molecule has 1 aliphatic carbocycles. The number of nitrogens with zero attached hydrogens (tertiary/aromatic N) is 1. The molecule has 4 heteroatoms. The molecule has 0 radical (unpaired) electrons. The average Bonchev–Trinajstić information content (AvgIpc) is 2.76. The van der Waals surface area contributed by atoms with Crippen LogP contribution in [0.2, 0.25) is 0 Å². The van der Waals surface area contributed by atoms with Crippen LogP contribution >= 0.6 is 0 Å². The number of carbonyl (C=O) groups is 2. The normalized spacial score (nSPS) is 30.5. The van der Waals surface area contributed by atoms with E-state index in [4.69, 9.17) is 0 Å². The van der Waals surface area contributed by atoms with Crippen LogP contribution in [0.5, 0.6) is 0 Å². The highest BCUT2D eigenvalue weighted by Gasteiger charge is 2.41. The van der Waals surface area contributed by atoms with Gasteiger partial charge in [-0.2, -0.15) is 0 Å². The molecule has 0 spiro atoms. The number of carbonyl (C=O) groups excluding carboxylic acids is 2. The monoisotopic (exact) mass is 294 g/mol. The number of imide groups is 1. The summed E-state index contributed by atoms with van der Waals surface area (Å²) in [6.45, 7) is 7.28. The zero-order valence-electron chi connectivity index (χ0n) is 13.7. The molecule has 4 nitrogen and oxygen atoms in total. The summed E-state index contributed by atoms with van der Waals surface area (Å²) in [6, 6.07) is -0.204. The van der Waals surface area contributed by atoms with Crippen molar-refractivity contribution in [2.75, 3.05) is 6.54 Å². The van der Waals surface area contributed by atoms with Crippen molar-refractivity contribution in [1.82, 2.24) is 10.2 Å². The Balaban J connectivity index is 1.85. The minimum Gasteiger partial charge on any atom is -0.305 e. The summed E-state index contributed by atoms with van der Waals surface area (Å²) in [4.78, 5) is 26.1. The smallest absolute Gasteiger partial charge is 0.247 e. The van der Waals surface area contributed by atoms with Crippen molar-refractivity contribution in [3.05, 3.63) is 0 Å². The lowest BCUT2D eigenvalue weighted by Gasteiger charge is -2.27. The number of amides is 2. The maximum absolute atomic E-state index is 12.4. The molecule has 1 unspecified atom stereocenters. The van der Waals surface area contributed by atoms with E-state index in [-0.39, 0.29) is 23.9 Å². The van der Waals surface area contributed by atoms with Crippen LogP contribution in [-0.4, -0.2) is 35.3 Å². The maximum atomic E-state index is 12.4. The molecule has 0 bridgehead atoms. The Bertz CT molecular complexity index is 371. The van der Waals surface area contributed by atoms with Crippen molar-refractivity contribution in [3.63, 3.8) is 0 Å². The first-order valence-corrected chi connectivity index (χ1v) is 8.66. The summed E-state index contributed by atoms with van der Waals surface area (Å²) >= 11 is 0. The molecule has 1 saturated carbocycles. The molecule has 1 saturated heterocycles. The third-order valence-electron chi connectivity index (χ3n) is 5.28. The van der Waals surface area contributed by atoms with Gasteiger partial charge in [-0.3, -0.25) is 14.5 Å². The van der Waals surface area contributed by atoms with E-state index in [2.05, 4.69) is 12.2 Å². The Kier molecular flexibility index (Phi) is 5.80. The molecule has 0 aromatic heterocycles. The summed E-state index contributed by atoms with van der Waals surface area (Å²) in [6.07, 6.45) is 7.13. The van der Waals surface area contributed by atoms with E-state index in [0.717, 1.165) is 25.3 Å². The van der Waals surface area contributed by atoms with E-state index >= 15 is 0 Å². The molecule has 2 fully saturated rings. The zero-order valence-corrected chi connectivity index (χ0v) is 13.7. The summed E-state index contributed by atoms with van der Waals surface area (Å²) in [5.41, 5.74) is 0. The number of likely N-dealkylation sites (tertiary alicyclic amines) is 1. The fourth-order valence-electron chi connectivity index (χ4n) is 3.69. The topological polar surface area (TPSA) is 49.4 Å². The van der Waals surface area contributed by atoms with Crippen LogP contribution in [0.4, 0.5) is 0 Å². The van der Waals surface area contributed by atoms with E-state index in [1.54, 1.807) is 0 Å². The molecule has 120 valence electrons. The Morgan fingerprint density at radius 1 is 1.14 bits per heavy atom. The SMILES string of the molecule is CCC(CC)N1C(=O)CC(NCC2CCC(C)CC2)C1=O. The van der Waals surface area contributed by atoms with Crippen LogP contribution in [0.25, 0.3) is 0 Å². The molecule has 2 aliphatic rings. The Labute approximate surface area is 128 Å². The van der Waals surface area contributed by atoms with Crippen molar-refractivity contribution >= 4 is 11.8 Å². The van der Waals surface area contributed by atoms with Gasteiger partial charge in [0.25, 0.3) is 0 Å². The number of nitrogens with one attached hydrogen (secondary N) is 1. The molecule has 1 heterocycles. The van der Waals surface area contributed by atoms with Crippen molar-refractivity contribution in [1.29, 1.82) is 0 Å². The van der Waals surface area contributed by atoms with Gasteiger partial charge >= 0.3 is 0 Å². The largest absolute Gasteiger partial charge is 0.305 e. The molecule has 2 rings (SSSR count). The van der Waals surface area contributed by atoms with Crippen LogP contribution in [0.15, 0.2) is 0 Å². The van der Waals surface area contributed by atoms with Gasteiger partial charge in [-0.05, 0) is 44.1 Å². The van der Waals surface area contributed by atoms with Crippen LogP contribution < -0.4 is 5.32 Å². The van der Waals surface area contributed by atoms with Gasteiger partial charge in [-0.25, -0.2) is 0 Å². The van der Waals surface area contributed by atoms with Crippen molar-refractivity contribution in [3.8, 4) is 0 Å². The first-order chi connectivity index (χ1) is 10.1. The van der Waals surface area contributed by atoms with E-state index in [0.29, 0.717) is 12.3 Å². The van der Waals surface area contributed by atoms with Crippen molar-refractivity contribution in [2.45, 2.75) is 77.8 Å². The molecular weight excluding hydrogens is 264 g/mol. The van der Waals surface area contributed by atoms with Gasteiger partial charge in [-0.15, -0.1) is 0 Å². The Hall–Kier alpha value is -0.900. The molecule has 1 atom stereocenters. The Morgan fingerprint density at radius 2 is 1.76 bits per heavy atom. The lowest BCUT2D eigenvalue weighted by molar-refractivity contribution is -0.141. The third kappa shape index (κ3) is 3.85. The standard InChI is InChI=1S/C17H30N2O2/c1-4-14(5-2)19-16(20)10-15(17(19)21)18-11-13-8-6-12(3)7-9-13/h12-15,18H,4-11H2,1-3H3. The second-order valence-electron chi connectivity index (χ2n) is 6.86. The summed E-state index contributed by atoms with van der Waals surface area (Å²) in [7, 11) is 0. The molecule has 2 amide bonds. The van der Waals surface area contributed by atoms with Crippen molar-refractivity contribution in [2.24, 2.45) is 11.8 Å². The van der Waals surface area contributed by atoms with Crippen LogP contribution in [0, 0.1) is 11.8 Å². The van der Waals surface area contributed by atoms with Crippen LogP contribution in [0.3, 0.4) is 0 Å². The fraction of sp³-hybridized carbons (Fsp3) is 0.882. The van der Waals surface area contributed by atoms with Crippen LogP contribution in [0.1, 0.15) is 65.7 Å². The van der Waals surface area contributed by atoms with Gasteiger partial charge < -0.3 is 5.32 Å². The first-order valence-electron chi connectivity index (χ1n) is 8.66. The van der Waals surface area contributed by atoms with E-state index in [1.807, 2.05) is 13.8 Å². The maximum Gasteiger partial charge on any atom is 0.247 e. The van der Waals surface area contributed by atoms with Gasteiger partial charge in [0.05, 0.1) is 12.5 Å². The summed E-state index contributed by atoms with van der Waals surface area (Å²) in [5.74, 6) is 1.52. The molecule has 0 aromatic rings. The predicted octanol–water partition coefficient (Wildman–Crippen LogP) is 2.72. The second kappa shape index (κ2) is 7.39. The van der Waals surface area contributed by atoms with Gasteiger partial charge in [0.1, 0.15) is 0 Å².